The molecule has 0 aromatic heterocycles. The summed E-state index contributed by atoms with van der Waals surface area (Å²) in [5, 5.41) is 2.31. The summed E-state index contributed by atoms with van der Waals surface area (Å²) in [5.41, 5.74) is 0.934. The summed E-state index contributed by atoms with van der Waals surface area (Å²) in [4.78, 5) is 50.7. The van der Waals surface area contributed by atoms with Crippen LogP contribution in [0.25, 0.3) is 0 Å². The summed E-state index contributed by atoms with van der Waals surface area (Å²) in [5.74, 6) is -0.633. The Morgan fingerprint density at radius 2 is 2.04 bits per heavy atom. The zero-order chi connectivity index (χ0) is 20.5. The molecule has 2 heterocycles. The third kappa shape index (κ3) is 4.55. The number of hydrogen-bond acceptors (Lipinski definition) is 6. The fourth-order valence-electron chi connectivity index (χ4n) is 3.33. The summed E-state index contributed by atoms with van der Waals surface area (Å²) >= 11 is 1.50. The van der Waals surface area contributed by atoms with Crippen LogP contribution in [0.1, 0.15) is 56.0 Å². The van der Waals surface area contributed by atoms with Crippen molar-refractivity contribution in [1.29, 1.82) is 0 Å². The number of nitrogens with one attached hydrogen (secondary N) is 1. The van der Waals surface area contributed by atoms with Crippen molar-refractivity contribution in [3.8, 4) is 0 Å². The predicted octanol–water partition coefficient (Wildman–Crippen LogP) is 2.27. The van der Waals surface area contributed by atoms with E-state index in [1.165, 1.54) is 16.7 Å². The third-order valence-electron chi connectivity index (χ3n) is 4.52. The number of piperidine rings is 1. The average Bonchev–Trinajstić information content (AvgIpc) is 2.91. The molecule has 3 amide bonds. The highest BCUT2D eigenvalue weighted by Gasteiger charge is 2.39. The molecule has 1 aromatic carbocycles. The van der Waals surface area contributed by atoms with Crippen LogP contribution in [0.4, 0.5) is 0 Å². The van der Waals surface area contributed by atoms with E-state index in [0.29, 0.717) is 24.3 Å². The number of fused-ring (bicyclic) bond motifs is 1. The Balaban J connectivity index is 1.66. The highest BCUT2D eigenvalue weighted by atomic mass is 32.2. The van der Waals surface area contributed by atoms with Gasteiger partial charge in [0.05, 0.1) is 6.42 Å². The number of esters is 1. The van der Waals surface area contributed by atoms with Gasteiger partial charge in [-0.25, -0.2) is 0 Å². The van der Waals surface area contributed by atoms with Crippen LogP contribution in [0.5, 0.6) is 0 Å². The van der Waals surface area contributed by atoms with E-state index in [4.69, 9.17) is 4.74 Å². The Hall–Kier alpha value is -2.35. The third-order valence-corrected chi connectivity index (χ3v) is 5.62. The molecule has 1 aromatic rings. The molecule has 8 heteroatoms. The van der Waals surface area contributed by atoms with Gasteiger partial charge in [0.1, 0.15) is 11.6 Å². The second kappa shape index (κ2) is 7.95. The minimum atomic E-state index is -0.628. The smallest absolute Gasteiger partial charge is 0.307 e. The Morgan fingerprint density at radius 3 is 2.71 bits per heavy atom. The number of benzene rings is 1. The van der Waals surface area contributed by atoms with Gasteiger partial charge in [-0.1, -0.05) is 6.07 Å². The monoisotopic (exact) mass is 404 g/mol. The summed E-state index contributed by atoms with van der Waals surface area (Å²) in [6.07, 6.45) is 0.843. The van der Waals surface area contributed by atoms with Crippen LogP contribution in [-0.4, -0.2) is 46.0 Å². The van der Waals surface area contributed by atoms with Gasteiger partial charge in [-0.3, -0.25) is 24.5 Å². The van der Waals surface area contributed by atoms with Crippen LogP contribution in [0.15, 0.2) is 23.1 Å². The molecular formula is C20H24N2O5S. The number of hydrogen-bond donors (Lipinski definition) is 1. The van der Waals surface area contributed by atoms with Gasteiger partial charge in [0.2, 0.25) is 11.8 Å². The molecular weight excluding hydrogens is 380 g/mol. The van der Waals surface area contributed by atoms with Crippen LogP contribution in [0.3, 0.4) is 0 Å². The summed E-state index contributed by atoms with van der Waals surface area (Å²) in [7, 11) is 0. The molecule has 0 radical (unpaired) electrons. The predicted molar refractivity (Wildman–Crippen MR) is 104 cm³/mol. The van der Waals surface area contributed by atoms with Crippen LogP contribution in [-0.2, 0) is 25.7 Å². The molecule has 28 heavy (non-hydrogen) atoms. The number of ether oxygens (including phenoxy) is 1. The maximum Gasteiger partial charge on any atom is 0.307 e. The number of imide groups is 1. The van der Waals surface area contributed by atoms with E-state index in [1.807, 2.05) is 26.8 Å². The lowest BCUT2D eigenvalue weighted by Gasteiger charge is -2.29. The number of amides is 3. The van der Waals surface area contributed by atoms with Crippen molar-refractivity contribution in [1.82, 2.24) is 10.2 Å². The number of thioether (sulfide) groups is 1. The van der Waals surface area contributed by atoms with Gasteiger partial charge < -0.3 is 9.64 Å². The van der Waals surface area contributed by atoms with Crippen molar-refractivity contribution in [2.75, 3.05) is 5.75 Å². The minimum absolute atomic E-state index is 0.195. The highest BCUT2D eigenvalue weighted by Crippen LogP contribution is 2.34. The lowest BCUT2D eigenvalue weighted by molar-refractivity contribution is -0.154. The number of carbonyl (C=O) groups excluding carboxylic acids is 4. The molecule has 150 valence electrons. The minimum Gasteiger partial charge on any atom is -0.460 e. The first kappa shape index (κ1) is 20.4. The molecule has 0 saturated carbocycles. The molecule has 1 unspecified atom stereocenters. The topological polar surface area (TPSA) is 92.8 Å². The van der Waals surface area contributed by atoms with Crippen molar-refractivity contribution in [3.63, 3.8) is 0 Å². The molecule has 2 aliphatic rings. The van der Waals surface area contributed by atoms with E-state index in [9.17, 15) is 19.2 Å². The van der Waals surface area contributed by atoms with Crippen molar-refractivity contribution in [2.24, 2.45) is 0 Å². The van der Waals surface area contributed by atoms with E-state index in [-0.39, 0.29) is 30.6 Å². The van der Waals surface area contributed by atoms with Gasteiger partial charge in [-0.2, -0.15) is 0 Å². The quantitative estimate of drug-likeness (QED) is 0.460. The van der Waals surface area contributed by atoms with Crippen LogP contribution in [0, 0.1) is 0 Å². The van der Waals surface area contributed by atoms with Crippen LogP contribution < -0.4 is 5.32 Å². The van der Waals surface area contributed by atoms with Crippen molar-refractivity contribution in [2.45, 2.75) is 63.1 Å². The van der Waals surface area contributed by atoms with E-state index in [2.05, 4.69) is 5.32 Å². The maximum atomic E-state index is 12.8. The standard InChI is InChI=1S/C20H24N2O5S/c1-20(2,3)27-17(24)9-10-28-15-6-4-5-12-13(15)11-22(19(12)26)14-7-8-16(23)21-18(14)25/h4-6,14H,7-11H2,1-3H3,(H,21,23,25). The van der Waals surface area contributed by atoms with Crippen molar-refractivity contribution >= 4 is 35.5 Å². The van der Waals surface area contributed by atoms with Gasteiger partial charge in [0.15, 0.2) is 0 Å². The summed E-state index contributed by atoms with van der Waals surface area (Å²) < 4.78 is 5.32. The Kier molecular flexibility index (Phi) is 5.79. The van der Waals surface area contributed by atoms with Crippen LogP contribution in [0.2, 0.25) is 0 Å². The zero-order valence-corrected chi connectivity index (χ0v) is 17.1. The second-order valence-corrected chi connectivity index (χ2v) is 9.00. The first-order chi connectivity index (χ1) is 13.2. The Bertz CT molecular complexity index is 830. The van der Waals surface area contributed by atoms with E-state index in [1.54, 1.807) is 12.1 Å². The summed E-state index contributed by atoms with van der Waals surface area (Å²) in [6.45, 7) is 5.82. The molecule has 2 aliphatic heterocycles. The van der Waals surface area contributed by atoms with E-state index < -0.39 is 17.6 Å². The highest BCUT2D eigenvalue weighted by molar-refractivity contribution is 7.99. The summed E-state index contributed by atoms with van der Waals surface area (Å²) in [6, 6.07) is 4.85. The number of rotatable bonds is 5. The molecule has 1 atom stereocenters. The Labute approximate surface area is 168 Å². The SMILES string of the molecule is CC(C)(C)OC(=O)CCSc1cccc2c1CN(C1CCC(=O)NC1=O)C2=O. The molecule has 1 saturated heterocycles. The largest absolute Gasteiger partial charge is 0.460 e. The molecule has 0 aliphatic carbocycles. The van der Waals surface area contributed by atoms with E-state index in [0.717, 1.165) is 10.5 Å². The van der Waals surface area contributed by atoms with Gasteiger partial charge in [0, 0.05) is 29.2 Å². The lowest BCUT2D eigenvalue weighted by Crippen LogP contribution is -2.52. The Morgan fingerprint density at radius 1 is 1.29 bits per heavy atom. The van der Waals surface area contributed by atoms with Gasteiger partial charge in [-0.05, 0) is 44.9 Å². The van der Waals surface area contributed by atoms with Crippen LogP contribution >= 0.6 is 11.8 Å². The average molecular weight is 404 g/mol. The normalized spacial score (nSPS) is 19.5. The lowest BCUT2D eigenvalue weighted by atomic mass is 10.0. The first-order valence-electron chi connectivity index (χ1n) is 9.27. The molecule has 1 N–H and O–H groups in total. The fraction of sp³-hybridized carbons (Fsp3) is 0.500. The zero-order valence-electron chi connectivity index (χ0n) is 16.2. The van der Waals surface area contributed by atoms with Gasteiger partial charge >= 0.3 is 5.97 Å². The second-order valence-electron chi connectivity index (χ2n) is 7.87. The molecule has 3 rings (SSSR count). The van der Waals surface area contributed by atoms with Crippen molar-refractivity contribution in [3.05, 3.63) is 29.3 Å². The number of nitrogens with zero attached hydrogens (tertiary/aromatic N) is 1. The van der Waals surface area contributed by atoms with Gasteiger partial charge in [0.25, 0.3) is 5.91 Å². The molecule has 7 nitrogen and oxygen atoms in total. The molecule has 1 fully saturated rings. The first-order valence-corrected chi connectivity index (χ1v) is 10.3. The van der Waals surface area contributed by atoms with Crippen molar-refractivity contribution < 1.29 is 23.9 Å². The van der Waals surface area contributed by atoms with Gasteiger partial charge in [-0.15, -0.1) is 11.8 Å². The fourth-order valence-corrected chi connectivity index (χ4v) is 4.34. The van der Waals surface area contributed by atoms with E-state index >= 15 is 0 Å². The number of carbonyl (C=O) groups is 4. The molecule has 0 bridgehead atoms. The maximum absolute atomic E-state index is 12.8. The molecule has 0 spiro atoms.